The lowest BCUT2D eigenvalue weighted by Gasteiger charge is -2.55. The quantitative estimate of drug-likeness (QED) is 0.174. The molecule has 45 heavy (non-hydrogen) atoms. The molecule has 0 aromatic heterocycles. The van der Waals surface area contributed by atoms with Gasteiger partial charge in [-0.25, -0.2) is 4.79 Å². The Kier molecular flexibility index (Phi) is 7.76. The Hall–Kier alpha value is -3.97. The number of esters is 1. The molecular formula is C38H36F2O4S. The normalized spacial score (nSPS) is 24.9. The molecule has 4 fully saturated rings. The molecule has 4 bridgehead atoms. The number of alkyl halides is 2. The SMILES string of the molecule is O=C(OC(c1ccccc1)C(F)(F)C(=O)OS(c1ccccc1)(c1ccccc1)c1ccccc1)C12CC3CC(CC(C3)C1)C2. The molecule has 1 atom stereocenters. The summed E-state index contributed by atoms with van der Waals surface area (Å²) in [7, 11) is -2.97. The van der Waals surface area contributed by atoms with Crippen LogP contribution in [0.15, 0.2) is 136 Å². The molecule has 8 rings (SSSR count). The highest BCUT2D eigenvalue weighted by Gasteiger charge is 2.59. The predicted octanol–water partition coefficient (Wildman–Crippen LogP) is 9.56. The summed E-state index contributed by atoms with van der Waals surface area (Å²) in [6, 6.07) is 34.9. The van der Waals surface area contributed by atoms with Gasteiger partial charge in [-0.1, -0.05) is 84.9 Å². The summed E-state index contributed by atoms with van der Waals surface area (Å²) >= 11 is 0. The number of carbonyl (C=O) groups excluding carboxylic acids is 2. The highest BCUT2D eigenvalue weighted by Crippen LogP contribution is 2.70. The van der Waals surface area contributed by atoms with Crippen LogP contribution >= 0.6 is 10.3 Å². The van der Waals surface area contributed by atoms with Crippen LogP contribution in [0.2, 0.25) is 0 Å². The zero-order valence-corrected chi connectivity index (χ0v) is 25.7. The first kappa shape index (κ1) is 29.7. The van der Waals surface area contributed by atoms with Crippen molar-refractivity contribution in [3.05, 3.63) is 127 Å². The van der Waals surface area contributed by atoms with Gasteiger partial charge in [0.1, 0.15) is 0 Å². The maximum absolute atomic E-state index is 16.8. The lowest BCUT2D eigenvalue weighted by molar-refractivity contribution is -0.205. The highest BCUT2D eigenvalue weighted by molar-refractivity contribution is 8.30. The van der Waals surface area contributed by atoms with Gasteiger partial charge in [0, 0.05) is 14.7 Å². The molecule has 4 aliphatic carbocycles. The largest absolute Gasteiger partial charge is 0.450 e. The maximum Gasteiger partial charge on any atom is 0.392 e. The Morgan fingerprint density at radius 1 is 0.644 bits per heavy atom. The van der Waals surface area contributed by atoms with Crippen molar-refractivity contribution in [1.29, 1.82) is 0 Å². The van der Waals surface area contributed by atoms with Crippen molar-refractivity contribution in [3.63, 3.8) is 0 Å². The molecule has 0 saturated heterocycles. The van der Waals surface area contributed by atoms with Crippen molar-refractivity contribution < 1.29 is 27.3 Å². The first-order valence-corrected chi connectivity index (χ1v) is 17.2. The van der Waals surface area contributed by atoms with E-state index in [1.165, 1.54) is 12.1 Å². The molecule has 0 N–H and O–H groups in total. The summed E-state index contributed by atoms with van der Waals surface area (Å²) in [5.41, 5.74) is -0.716. The Morgan fingerprint density at radius 2 is 1.02 bits per heavy atom. The van der Waals surface area contributed by atoms with Crippen molar-refractivity contribution in [3.8, 4) is 0 Å². The first-order chi connectivity index (χ1) is 21.8. The second-order valence-electron chi connectivity index (χ2n) is 12.9. The number of carbonyl (C=O) groups is 2. The van der Waals surface area contributed by atoms with Crippen LogP contribution in [0.4, 0.5) is 8.78 Å². The molecule has 0 amide bonds. The van der Waals surface area contributed by atoms with Gasteiger partial charge in [0.2, 0.25) is 6.10 Å². The summed E-state index contributed by atoms with van der Waals surface area (Å²) < 4.78 is 45.7. The Balaban J connectivity index is 1.28. The van der Waals surface area contributed by atoms with Gasteiger partial charge in [0.15, 0.2) is 0 Å². The number of benzene rings is 4. The van der Waals surface area contributed by atoms with E-state index < -0.39 is 39.7 Å². The number of rotatable bonds is 9. The monoisotopic (exact) mass is 626 g/mol. The van der Waals surface area contributed by atoms with Crippen LogP contribution in [0.1, 0.15) is 50.2 Å². The topological polar surface area (TPSA) is 52.6 Å². The molecule has 0 radical (unpaired) electrons. The lowest BCUT2D eigenvalue weighted by Crippen LogP contribution is -2.51. The lowest BCUT2D eigenvalue weighted by atomic mass is 9.49. The molecular weight excluding hydrogens is 590 g/mol. The van der Waals surface area contributed by atoms with Crippen molar-refractivity contribution in [2.75, 3.05) is 0 Å². The van der Waals surface area contributed by atoms with Crippen molar-refractivity contribution >= 4 is 22.2 Å². The van der Waals surface area contributed by atoms with E-state index in [2.05, 4.69) is 0 Å². The van der Waals surface area contributed by atoms with Gasteiger partial charge in [0.05, 0.1) is 5.41 Å². The molecule has 4 aromatic rings. The van der Waals surface area contributed by atoms with Crippen LogP contribution in [0.5, 0.6) is 0 Å². The van der Waals surface area contributed by atoms with Crippen LogP contribution in [-0.2, 0) is 18.5 Å². The van der Waals surface area contributed by atoms with E-state index in [4.69, 9.17) is 8.92 Å². The molecule has 232 valence electrons. The first-order valence-electron chi connectivity index (χ1n) is 15.7. The minimum absolute atomic E-state index is 0.0530. The van der Waals surface area contributed by atoms with Gasteiger partial charge in [0.25, 0.3) is 0 Å². The van der Waals surface area contributed by atoms with Gasteiger partial charge in [-0.05, 0) is 109 Å². The molecule has 4 aromatic carbocycles. The molecule has 4 aliphatic rings. The van der Waals surface area contributed by atoms with E-state index in [-0.39, 0.29) is 5.56 Å². The van der Waals surface area contributed by atoms with E-state index in [1.54, 1.807) is 91.0 Å². The zero-order valence-electron chi connectivity index (χ0n) is 24.9. The highest BCUT2D eigenvalue weighted by atomic mass is 32.3. The number of halogens is 2. The fraction of sp³-hybridized carbons (Fsp3) is 0.316. The Bertz CT molecular complexity index is 1510. The molecule has 0 heterocycles. The molecule has 0 spiro atoms. The smallest absolute Gasteiger partial charge is 0.392 e. The number of hydrogen-bond donors (Lipinski definition) is 0. The average molecular weight is 627 g/mol. The van der Waals surface area contributed by atoms with E-state index >= 15 is 8.78 Å². The van der Waals surface area contributed by atoms with Gasteiger partial charge < -0.3 is 8.92 Å². The Morgan fingerprint density at radius 3 is 1.42 bits per heavy atom. The zero-order chi connectivity index (χ0) is 31.1. The fourth-order valence-corrected chi connectivity index (χ4v) is 11.3. The summed E-state index contributed by atoms with van der Waals surface area (Å²) in [6.07, 6.45) is 3.16. The summed E-state index contributed by atoms with van der Waals surface area (Å²) in [6.45, 7) is 0. The third-order valence-corrected chi connectivity index (χ3v) is 13.0. The van der Waals surface area contributed by atoms with Crippen LogP contribution in [-0.4, -0.2) is 17.9 Å². The third kappa shape index (κ3) is 5.35. The van der Waals surface area contributed by atoms with E-state index in [1.807, 2.05) is 18.2 Å². The standard InChI is InChI=1S/C38H36F2O4S/c39-38(40,34(30-13-5-1-6-14-30)43-35(41)37-24-27-21-28(25-37)23-29(22-27)26-37)36(42)44-45(31-15-7-2-8-16-31,32-17-9-3-10-18-32)33-19-11-4-12-20-33/h1-20,27-29,34H,21-26H2. The van der Waals surface area contributed by atoms with Gasteiger partial charge >= 0.3 is 17.9 Å². The summed E-state index contributed by atoms with van der Waals surface area (Å²) in [4.78, 5) is 29.9. The van der Waals surface area contributed by atoms with Crippen molar-refractivity contribution in [2.24, 2.45) is 23.2 Å². The van der Waals surface area contributed by atoms with Crippen molar-refractivity contribution in [2.45, 2.75) is 65.2 Å². The molecule has 7 heteroatoms. The van der Waals surface area contributed by atoms with Crippen LogP contribution in [0.25, 0.3) is 0 Å². The minimum Gasteiger partial charge on any atom is -0.450 e. The summed E-state index contributed by atoms with van der Waals surface area (Å²) in [5.74, 6) is -5.25. The van der Waals surface area contributed by atoms with E-state index in [0.717, 1.165) is 19.3 Å². The Labute approximate surface area is 264 Å². The van der Waals surface area contributed by atoms with Crippen LogP contribution in [0, 0.1) is 23.2 Å². The van der Waals surface area contributed by atoms with Crippen molar-refractivity contribution in [1.82, 2.24) is 0 Å². The number of hydrogen-bond acceptors (Lipinski definition) is 4. The van der Waals surface area contributed by atoms with Gasteiger partial charge in [-0.15, -0.1) is 0 Å². The fourth-order valence-electron chi connectivity index (χ4n) is 8.24. The van der Waals surface area contributed by atoms with E-state index in [9.17, 15) is 9.59 Å². The maximum atomic E-state index is 16.8. The minimum atomic E-state index is -4.18. The van der Waals surface area contributed by atoms with Crippen LogP contribution in [0.3, 0.4) is 0 Å². The molecule has 0 aliphatic heterocycles. The average Bonchev–Trinajstić information content (AvgIpc) is 3.06. The molecule has 4 nitrogen and oxygen atoms in total. The van der Waals surface area contributed by atoms with Crippen LogP contribution < -0.4 is 0 Å². The molecule has 1 unspecified atom stereocenters. The van der Waals surface area contributed by atoms with Gasteiger partial charge in [-0.3, -0.25) is 4.79 Å². The van der Waals surface area contributed by atoms with E-state index in [0.29, 0.717) is 51.7 Å². The summed E-state index contributed by atoms with van der Waals surface area (Å²) in [5, 5.41) is 0. The van der Waals surface area contributed by atoms with Gasteiger partial charge in [-0.2, -0.15) is 8.78 Å². The second-order valence-corrected chi connectivity index (χ2v) is 15.6. The number of ether oxygens (including phenoxy) is 1. The molecule has 4 saturated carbocycles. The predicted molar refractivity (Wildman–Crippen MR) is 169 cm³/mol. The second kappa shape index (κ2) is 11.8. The third-order valence-electron chi connectivity index (χ3n) is 9.83.